The summed E-state index contributed by atoms with van der Waals surface area (Å²) in [5.41, 5.74) is -0.256. The molecule has 0 aliphatic rings. The van der Waals surface area contributed by atoms with Crippen LogP contribution in [0.15, 0.2) is 22.7 Å². The van der Waals surface area contributed by atoms with Crippen LogP contribution in [0.2, 0.25) is 0 Å². The minimum atomic E-state index is -1.28. The normalized spacial score (nSPS) is 11.9. The molecule has 0 spiro atoms. The Morgan fingerprint density at radius 3 is 2.67 bits per heavy atom. The fraction of sp³-hybridized carbons (Fsp3) is 0.273. The van der Waals surface area contributed by atoms with E-state index in [1.165, 1.54) is 12.1 Å². The molecule has 7 heteroatoms. The van der Waals surface area contributed by atoms with Gasteiger partial charge in [0.1, 0.15) is 11.9 Å². The number of aliphatic hydroxyl groups is 1. The number of aliphatic carboxylic acids is 1. The third-order valence-electron chi connectivity index (χ3n) is 2.19. The topological polar surface area (TPSA) is 86.6 Å². The number of benzene rings is 1. The summed E-state index contributed by atoms with van der Waals surface area (Å²) < 4.78 is 13.9. The van der Waals surface area contributed by atoms with E-state index in [2.05, 4.69) is 21.2 Å². The highest BCUT2D eigenvalue weighted by atomic mass is 79.9. The smallest absolute Gasteiger partial charge is 0.326 e. The second-order valence-corrected chi connectivity index (χ2v) is 4.42. The second-order valence-electron chi connectivity index (χ2n) is 3.50. The van der Waals surface area contributed by atoms with Gasteiger partial charge in [0, 0.05) is 17.5 Å². The summed E-state index contributed by atoms with van der Waals surface area (Å²) in [6.07, 6.45) is -0.142. The lowest BCUT2D eigenvalue weighted by Crippen LogP contribution is -2.41. The average Bonchev–Trinajstić information content (AvgIpc) is 2.31. The molecule has 1 aromatic carbocycles. The quantitative estimate of drug-likeness (QED) is 0.760. The molecule has 0 fully saturated rings. The van der Waals surface area contributed by atoms with Gasteiger partial charge < -0.3 is 15.5 Å². The van der Waals surface area contributed by atoms with Gasteiger partial charge in [-0.2, -0.15) is 0 Å². The Morgan fingerprint density at radius 2 is 2.11 bits per heavy atom. The molecule has 18 heavy (non-hydrogen) atoms. The molecular weight excluding hydrogens is 309 g/mol. The Bertz CT molecular complexity index is 466. The van der Waals surface area contributed by atoms with Crippen LogP contribution in [0, 0.1) is 5.82 Å². The summed E-state index contributed by atoms with van der Waals surface area (Å²) in [6, 6.07) is 2.53. The van der Waals surface area contributed by atoms with Crippen LogP contribution in [0.25, 0.3) is 0 Å². The number of carbonyl (C=O) groups is 2. The third kappa shape index (κ3) is 3.78. The molecule has 5 nitrogen and oxygen atoms in total. The molecule has 0 aromatic heterocycles. The molecule has 0 heterocycles. The maximum Gasteiger partial charge on any atom is 0.326 e. The van der Waals surface area contributed by atoms with Crippen LogP contribution in [0.3, 0.4) is 0 Å². The van der Waals surface area contributed by atoms with Gasteiger partial charge >= 0.3 is 5.97 Å². The first-order chi connectivity index (χ1) is 8.45. The number of nitrogens with one attached hydrogen (secondary N) is 1. The summed E-state index contributed by atoms with van der Waals surface area (Å²) in [5.74, 6) is -2.87. The van der Waals surface area contributed by atoms with E-state index >= 15 is 0 Å². The van der Waals surface area contributed by atoms with E-state index in [1.807, 2.05) is 0 Å². The van der Waals surface area contributed by atoms with Crippen LogP contribution in [0.4, 0.5) is 4.39 Å². The molecule has 0 bridgehead atoms. The summed E-state index contributed by atoms with van der Waals surface area (Å²) in [6.45, 7) is -0.391. The molecule has 0 aliphatic heterocycles. The Balaban J connectivity index is 2.86. The van der Waals surface area contributed by atoms with Crippen molar-refractivity contribution in [2.75, 3.05) is 6.61 Å². The van der Waals surface area contributed by atoms with Crippen LogP contribution in [-0.4, -0.2) is 34.7 Å². The monoisotopic (exact) mass is 319 g/mol. The van der Waals surface area contributed by atoms with Crippen molar-refractivity contribution in [3.8, 4) is 0 Å². The van der Waals surface area contributed by atoms with Crippen molar-refractivity contribution in [3.63, 3.8) is 0 Å². The predicted octanol–water partition coefficient (Wildman–Crippen LogP) is 1.15. The van der Waals surface area contributed by atoms with Crippen molar-refractivity contribution in [1.29, 1.82) is 0 Å². The number of hydrogen-bond donors (Lipinski definition) is 3. The largest absolute Gasteiger partial charge is 0.480 e. The van der Waals surface area contributed by atoms with E-state index in [1.54, 1.807) is 0 Å². The van der Waals surface area contributed by atoms with E-state index in [9.17, 15) is 14.0 Å². The van der Waals surface area contributed by atoms with Crippen LogP contribution in [-0.2, 0) is 4.79 Å². The number of hydrogen-bond acceptors (Lipinski definition) is 3. The van der Waals surface area contributed by atoms with Crippen LogP contribution in [0.5, 0.6) is 0 Å². The fourth-order valence-corrected chi connectivity index (χ4v) is 1.66. The van der Waals surface area contributed by atoms with Crippen molar-refractivity contribution < 1.29 is 24.2 Å². The number of carboxylic acid groups (broad SMARTS) is 1. The van der Waals surface area contributed by atoms with Crippen LogP contribution >= 0.6 is 15.9 Å². The molecule has 3 N–H and O–H groups in total. The van der Waals surface area contributed by atoms with E-state index in [0.29, 0.717) is 4.47 Å². The number of amides is 1. The highest BCUT2D eigenvalue weighted by molar-refractivity contribution is 9.10. The van der Waals surface area contributed by atoms with Gasteiger partial charge in [0.05, 0.1) is 5.56 Å². The van der Waals surface area contributed by atoms with Crippen molar-refractivity contribution in [3.05, 3.63) is 34.1 Å². The van der Waals surface area contributed by atoms with Crippen molar-refractivity contribution in [2.45, 2.75) is 12.5 Å². The van der Waals surface area contributed by atoms with E-state index < -0.39 is 30.3 Å². The number of aliphatic hydroxyl groups excluding tert-OH is 1. The molecule has 0 unspecified atom stereocenters. The predicted molar refractivity (Wildman–Crippen MR) is 64.7 cm³/mol. The zero-order valence-corrected chi connectivity index (χ0v) is 10.8. The molecule has 0 aliphatic carbocycles. The number of rotatable bonds is 5. The van der Waals surface area contributed by atoms with Gasteiger partial charge in [-0.1, -0.05) is 15.9 Å². The minimum absolute atomic E-state index is 0.142. The molecule has 0 saturated heterocycles. The van der Waals surface area contributed by atoms with Gasteiger partial charge in [-0.3, -0.25) is 4.79 Å². The Labute approximate surface area is 111 Å². The minimum Gasteiger partial charge on any atom is -0.480 e. The van der Waals surface area contributed by atoms with Gasteiger partial charge in [0.25, 0.3) is 5.91 Å². The average molecular weight is 320 g/mol. The van der Waals surface area contributed by atoms with Crippen LogP contribution < -0.4 is 5.32 Å². The first kappa shape index (κ1) is 14.6. The van der Waals surface area contributed by atoms with Gasteiger partial charge in [0.15, 0.2) is 0 Å². The van der Waals surface area contributed by atoms with E-state index in [-0.39, 0.29) is 12.0 Å². The highest BCUT2D eigenvalue weighted by Crippen LogP contribution is 2.15. The van der Waals surface area contributed by atoms with Crippen molar-refractivity contribution >= 4 is 27.8 Å². The molecular formula is C11H11BrFNO4. The summed E-state index contributed by atoms with van der Waals surface area (Å²) in [7, 11) is 0. The zero-order chi connectivity index (χ0) is 13.7. The summed E-state index contributed by atoms with van der Waals surface area (Å²) in [5, 5.41) is 19.6. The standard InChI is InChI=1S/C11H11BrFNO4/c12-6-1-2-8(13)7(5-6)10(16)14-9(3-4-15)11(17)18/h1-2,5,9,15H,3-4H2,(H,14,16)(H,17,18)/t9-/m0/s1. The van der Waals surface area contributed by atoms with Gasteiger partial charge in [-0.05, 0) is 18.2 Å². The van der Waals surface area contributed by atoms with Crippen molar-refractivity contribution in [1.82, 2.24) is 5.32 Å². The molecule has 98 valence electrons. The zero-order valence-electron chi connectivity index (χ0n) is 9.19. The Hall–Kier alpha value is -1.47. The van der Waals surface area contributed by atoms with Crippen LogP contribution in [0.1, 0.15) is 16.8 Å². The van der Waals surface area contributed by atoms with Crippen molar-refractivity contribution in [2.24, 2.45) is 0 Å². The highest BCUT2D eigenvalue weighted by Gasteiger charge is 2.21. The molecule has 0 saturated carbocycles. The lowest BCUT2D eigenvalue weighted by molar-refractivity contribution is -0.139. The number of carboxylic acids is 1. The second kappa shape index (κ2) is 6.46. The maximum atomic E-state index is 13.4. The van der Waals surface area contributed by atoms with E-state index in [0.717, 1.165) is 6.07 Å². The first-order valence-electron chi connectivity index (χ1n) is 5.05. The number of carbonyl (C=O) groups excluding carboxylic acids is 1. The molecule has 0 radical (unpaired) electrons. The first-order valence-corrected chi connectivity index (χ1v) is 5.84. The lowest BCUT2D eigenvalue weighted by atomic mass is 10.1. The van der Waals surface area contributed by atoms with E-state index in [4.69, 9.17) is 10.2 Å². The number of halogens is 2. The molecule has 1 atom stereocenters. The SMILES string of the molecule is O=C(N[C@@H](CCO)C(=O)O)c1cc(Br)ccc1F. The summed E-state index contributed by atoms with van der Waals surface area (Å²) >= 11 is 3.09. The maximum absolute atomic E-state index is 13.4. The Kier molecular flexibility index (Phi) is 5.24. The van der Waals surface area contributed by atoms with Gasteiger partial charge in [-0.25, -0.2) is 9.18 Å². The summed E-state index contributed by atoms with van der Waals surface area (Å²) in [4.78, 5) is 22.5. The van der Waals surface area contributed by atoms with Gasteiger partial charge in [-0.15, -0.1) is 0 Å². The third-order valence-corrected chi connectivity index (χ3v) is 2.69. The molecule has 1 amide bonds. The fourth-order valence-electron chi connectivity index (χ4n) is 1.29. The van der Waals surface area contributed by atoms with Gasteiger partial charge in [0.2, 0.25) is 0 Å². The lowest BCUT2D eigenvalue weighted by Gasteiger charge is -2.13. The molecule has 1 rings (SSSR count). The molecule has 1 aromatic rings. The Morgan fingerprint density at radius 1 is 1.44 bits per heavy atom.